The molecule has 0 spiro atoms. The van der Waals surface area contributed by atoms with Gasteiger partial charge in [-0.3, -0.25) is 19.3 Å². The maximum absolute atomic E-state index is 13.3. The third-order valence-electron chi connectivity index (χ3n) is 5.74. The molecule has 0 fully saturated rings. The number of hydrogen-bond donors (Lipinski definition) is 3. The standard InChI is InChI=1S/C24H36N4O3/c1-15(2)28(6)20(11-12-21(25)29)23(31)27-19(22(30)24(3,4)5)13-16-14-26-18-10-8-7-9-17(16)18/h7-10,14-15,19-20,26H,11-13H2,1-6H3,(H2,25,29)(H,27,31)/t19?,20-/m0/s1. The SMILES string of the molecule is CC(C)N(C)[C@@H](CCC(N)=O)C(=O)NC(Cc1c[nH]c2ccccc12)C(=O)C(C)(C)C. The number of amides is 2. The first kappa shape index (κ1) is 24.6. The molecule has 2 aromatic rings. The Kier molecular flexibility index (Phi) is 8.01. The summed E-state index contributed by atoms with van der Waals surface area (Å²) in [5, 5.41) is 4.02. The molecule has 170 valence electrons. The van der Waals surface area contributed by atoms with Crippen LogP contribution >= 0.6 is 0 Å². The Balaban J connectivity index is 2.31. The lowest BCUT2D eigenvalue weighted by atomic mass is 9.84. The van der Waals surface area contributed by atoms with E-state index in [1.165, 1.54) is 0 Å². The zero-order valence-electron chi connectivity index (χ0n) is 19.5. The van der Waals surface area contributed by atoms with Crippen LogP contribution in [0, 0.1) is 5.41 Å². The van der Waals surface area contributed by atoms with Crippen LogP contribution in [0.4, 0.5) is 0 Å². The second kappa shape index (κ2) is 10.1. The van der Waals surface area contributed by atoms with Crippen molar-refractivity contribution < 1.29 is 14.4 Å². The highest BCUT2D eigenvalue weighted by Crippen LogP contribution is 2.23. The van der Waals surface area contributed by atoms with Crippen molar-refractivity contribution in [3.63, 3.8) is 0 Å². The van der Waals surface area contributed by atoms with Crippen molar-refractivity contribution >= 4 is 28.5 Å². The number of likely N-dealkylation sites (N-methyl/N-ethyl adjacent to an activating group) is 1. The Morgan fingerprint density at radius 2 is 1.81 bits per heavy atom. The van der Waals surface area contributed by atoms with Gasteiger partial charge >= 0.3 is 0 Å². The molecule has 4 N–H and O–H groups in total. The van der Waals surface area contributed by atoms with Crippen molar-refractivity contribution in [3.8, 4) is 0 Å². The monoisotopic (exact) mass is 428 g/mol. The predicted octanol–water partition coefficient (Wildman–Crippen LogP) is 2.78. The van der Waals surface area contributed by atoms with Crippen LogP contribution in [-0.4, -0.2) is 52.7 Å². The third-order valence-corrected chi connectivity index (χ3v) is 5.74. The van der Waals surface area contributed by atoms with E-state index in [9.17, 15) is 14.4 Å². The number of aromatic amines is 1. The molecule has 0 saturated carbocycles. The molecule has 0 aliphatic carbocycles. The van der Waals surface area contributed by atoms with Gasteiger partial charge in [-0.15, -0.1) is 0 Å². The van der Waals surface area contributed by atoms with Crippen molar-refractivity contribution in [3.05, 3.63) is 36.0 Å². The number of H-pyrrole nitrogens is 1. The minimum Gasteiger partial charge on any atom is -0.370 e. The Bertz CT molecular complexity index is 926. The third kappa shape index (κ3) is 6.40. The van der Waals surface area contributed by atoms with Gasteiger partial charge in [-0.25, -0.2) is 0 Å². The maximum atomic E-state index is 13.3. The van der Waals surface area contributed by atoms with E-state index in [2.05, 4.69) is 10.3 Å². The van der Waals surface area contributed by atoms with Gasteiger partial charge in [0.2, 0.25) is 11.8 Å². The number of carbonyl (C=O) groups excluding carboxylic acids is 3. The summed E-state index contributed by atoms with van der Waals surface area (Å²) in [6, 6.07) is 6.76. The normalized spacial score (nSPS) is 14.1. The number of nitrogens with one attached hydrogen (secondary N) is 2. The fourth-order valence-electron chi connectivity index (χ4n) is 3.68. The molecule has 1 aromatic heterocycles. The maximum Gasteiger partial charge on any atom is 0.237 e. The summed E-state index contributed by atoms with van der Waals surface area (Å²) in [6.45, 7) is 9.53. The van der Waals surface area contributed by atoms with Gasteiger partial charge in [0.05, 0.1) is 12.1 Å². The van der Waals surface area contributed by atoms with E-state index in [0.717, 1.165) is 16.5 Å². The van der Waals surface area contributed by atoms with Gasteiger partial charge < -0.3 is 16.0 Å². The van der Waals surface area contributed by atoms with E-state index in [4.69, 9.17) is 5.73 Å². The smallest absolute Gasteiger partial charge is 0.237 e. The number of carbonyl (C=O) groups is 3. The molecule has 7 nitrogen and oxygen atoms in total. The number of nitrogens with zero attached hydrogens (tertiary/aromatic N) is 1. The number of ketones is 1. The van der Waals surface area contributed by atoms with Gasteiger partial charge in [-0.1, -0.05) is 39.0 Å². The lowest BCUT2D eigenvalue weighted by Crippen LogP contribution is -2.54. The summed E-state index contributed by atoms with van der Waals surface area (Å²) < 4.78 is 0. The highest BCUT2D eigenvalue weighted by Gasteiger charge is 2.34. The van der Waals surface area contributed by atoms with Gasteiger partial charge in [0.15, 0.2) is 5.78 Å². The fraction of sp³-hybridized carbons (Fsp3) is 0.542. The Labute approximate surface area is 184 Å². The molecule has 0 bridgehead atoms. The Morgan fingerprint density at radius 1 is 1.16 bits per heavy atom. The average Bonchev–Trinajstić information content (AvgIpc) is 3.08. The van der Waals surface area contributed by atoms with E-state index < -0.39 is 23.4 Å². The second-order valence-electron chi connectivity index (χ2n) is 9.52. The molecule has 2 amide bonds. The average molecular weight is 429 g/mol. The molecule has 31 heavy (non-hydrogen) atoms. The number of hydrogen-bond acceptors (Lipinski definition) is 4. The fourth-order valence-corrected chi connectivity index (χ4v) is 3.68. The minimum atomic E-state index is -0.677. The van der Waals surface area contributed by atoms with Crippen molar-refractivity contribution in [2.45, 2.75) is 72.0 Å². The molecule has 1 unspecified atom stereocenters. The van der Waals surface area contributed by atoms with E-state index in [0.29, 0.717) is 12.8 Å². The van der Waals surface area contributed by atoms with Crippen LogP contribution in [0.5, 0.6) is 0 Å². The largest absolute Gasteiger partial charge is 0.370 e. The predicted molar refractivity (Wildman–Crippen MR) is 124 cm³/mol. The van der Waals surface area contributed by atoms with Crippen LogP contribution in [0.3, 0.4) is 0 Å². The van der Waals surface area contributed by atoms with Gasteiger partial charge in [-0.05, 0) is 38.9 Å². The molecule has 0 radical (unpaired) electrons. The molecule has 0 aliphatic heterocycles. The highest BCUT2D eigenvalue weighted by atomic mass is 16.2. The lowest BCUT2D eigenvalue weighted by Gasteiger charge is -2.32. The molecular formula is C24H36N4O3. The minimum absolute atomic E-state index is 0.0352. The van der Waals surface area contributed by atoms with Gasteiger partial charge in [0.25, 0.3) is 0 Å². The van der Waals surface area contributed by atoms with Crippen LogP contribution in [0.2, 0.25) is 0 Å². The number of fused-ring (bicyclic) bond motifs is 1. The Hall–Kier alpha value is -2.67. The highest BCUT2D eigenvalue weighted by molar-refractivity contribution is 5.94. The zero-order valence-corrected chi connectivity index (χ0v) is 19.5. The topological polar surface area (TPSA) is 108 Å². The first-order valence-corrected chi connectivity index (χ1v) is 10.8. The number of para-hydroxylation sites is 1. The lowest BCUT2D eigenvalue weighted by molar-refractivity contribution is -0.135. The molecular weight excluding hydrogens is 392 g/mol. The van der Waals surface area contributed by atoms with Crippen molar-refractivity contribution in [1.29, 1.82) is 0 Å². The number of nitrogens with two attached hydrogens (primary N) is 1. The summed E-state index contributed by atoms with van der Waals surface area (Å²) in [7, 11) is 1.84. The molecule has 2 rings (SSSR count). The van der Waals surface area contributed by atoms with E-state index in [1.807, 2.05) is 77.0 Å². The summed E-state index contributed by atoms with van der Waals surface area (Å²) in [5.41, 5.74) is 6.67. The zero-order chi connectivity index (χ0) is 23.3. The van der Waals surface area contributed by atoms with Crippen molar-refractivity contribution in [2.75, 3.05) is 7.05 Å². The molecule has 1 heterocycles. The molecule has 1 aromatic carbocycles. The van der Waals surface area contributed by atoms with E-state index in [1.54, 1.807) is 0 Å². The van der Waals surface area contributed by atoms with Crippen LogP contribution in [0.1, 0.15) is 53.0 Å². The van der Waals surface area contributed by atoms with Crippen molar-refractivity contribution in [2.24, 2.45) is 11.1 Å². The van der Waals surface area contributed by atoms with Gasteiger partial charge in [-0.2, -0.15) is 0 Å². The van der Waals surface area contributed by atoms with Gasteiger partial charge in [0.1, 0.15) is 0 Å². The summed E-state index contributed by atoms with van der Waals surface area (Å²) in [5.74, 6) is -0.747. The first-order valence-electron chi connectivity index (χ1n) is 10.8. The van der Waals surface area contributed by atoms with Crippen LogP contribution < -0.4 is 11.1 Å². The molecule has 0 saturated heterocycles. The van der Waals surface area contributed by atoms with Gasteiger partial charge in [0, 0.05) is 41.4 Å². The van der Waals surface area contributed by atoms with Crippen molar-refractivity contribution in [1.82, 2.24) is 15.2 Å². The molecule has 7 heteroatoms. The number of Topliss-reactive ketones (excluding diaryl/α,β-unsaturated/α-hetero) is 1. The first-order chi connectivity index (χ1) is 14.4. The Morgan fingerprint density at radius 3 is 2.39 bits per heavy atom. The summed E-state index contributed by atoms with van der Waals surface area (Å²) in [4.78, 5) is 43.0. The summed E-state index contributed by atoms with van der Waals surface area (Å²) >= 11 is 0. The number of primary amides is 1. The molecule has 0 aliphatic rings. The number of benzene rings is 1. The van der Waals surface area contributed by atoms with Crippen LogP contribution in [0.25, 0.3) is 10.9 Å². The van der Waals surface area contributed by atoms with Crippen LogP contribution in [-0.2, 0) is 20.8 Å². The molecule has 2 atom stereocenters. The van der Waals surface area contributed by atoms with Crippen LogP contribution in [0.15, 0.2) is 30.5 Å². The van der Waals surface area contributed by atoms with E-state index in [-0.39, 0.29) is 24.2 Å². The second-order valence-corrected chi connectivity index (χ2v) is 9.52. The quantitative estimate of drug-likeness (QED) is 0.541. The number of aromatic nitrogens is 1. The van der Waals surface area contributed by atoms with E-state index >= 15 is 0 Å². The number of rotatable bonds is 10. The summed E-state index contributed by atoms with van der Waals surface area (Å²) in [6.07, 6.45) is 2.69.